The number of nitrogens with one attached hydrogen (secondary N) is 1. The van der Waals surface area contributed by atoms with Crippen LogP contribution < -0.4 is 5.32 Å². The van der Waals surface area contributed by atoms with Crippen LogP contribution in [-0.2, 0) is 0 Å². The second kappa shape index (κ2) is 6.39. The molecule has 0 saturated heterocycles. The van der Waals surface area contributed by atoms with Gasteiger partial charge >= 0.3 is 0 Å². The van der Waals surface area contributed by atoms with E-state index >= 15 is 0 Å². The largest absolute Gasteiger partial charge is 0.393 e. The van der Waals surface area contributed by atoms with E-state index < -0.39 is 6.10 Å². The molecule has 4 heteroatoms. The first-order chi connectivity index (χ1) is 9.56. The average molecular weight is 272 g/mol. The van der Waals surface area contributed by atoms with E-state index in [4.69, 9.17) is 0 Å². The minimum atomic E-state index is -0.420. The van der Waals surface area contributed by atoms with Crippen molar-refractivity contribution in [1.29, 1.82) is 0 Å². The zero-order valence-electron chi connectivity index (χ0n) is 11.8. The fraction of sp³-hybridized carbons (Fsp3) is 0.312. The maximum atomic E-state index is 12.2. The van der Waals surface area contributed by atoms with E-state index in [1.54, 1.807) is 13.0 Å². The fourth-order valence-electron chi connectivity index (χ4n) is 2.19. The second-order valence-corrected chi connectivity index (χ2v) is 5.10. The first kappa shape index (κ1) is 14.3. The van der Waals surface area contributed by atoms with Crippen LogP contribution in [0.15, 0.2) is 48.8 Å². The van der Waals surface area contributed by atoms with Gasteiger partial charge in [0.2, 0.25) is 0 Å². The molecular weight excluding hydrogens is 252 g/mol. The van der Waals surface area contributed by atoms with Gasteiger partial charge in [-0.05, 0) is 50.6 Å². The van der Waals surface area contributed by atoms with Gasteiger partial charge < -0.3 is 15.0 Å². The Morgan fingerprint density at radius 1 is 1.25 bits per heavy atom. The van der Waals surface area contributed by atoms with Gasteiger partial charge in [-0.1, -0.05) is 6.07 Å². The third-order valence-electron chi connectivity index (χ3n) is 3.08. The zero-order chi connectivity index (χ0) is 14.5. The van der Waals surface area contributed by atoms with Gasteiger partial charge in [0.25, 0.3) is 5.91 Å². The van der Waals surface area contributed by atoms with Crippen molar-refractivity contribution in [3.05, 3.63) is 54.4 Å². The number of nitrogens with zero attached hydrogens (tertiary/aromatic N) is 1. The summed E-state index contributed by atoms with van der Waals surface area (Å²) in [6.07, 6.45) is 4.00. The van der Waals surface area contributed by atoms with E-state index in [9.17, 15) is 9.90 Å². The van der Waals surface area contributed by atoms with Gasteiger partial charge in [-0.2, -0.15) is 0 Å². The predicted molar refractivity (Wildman–Crippen MR) is 79.0 cm³/mol. The topological polar surface area (TPSA) is 54.3 Å². The van der Waals surface area contributed by atoms with E-state index in [0.29, 0.717) is 12.0 Å². The van der Waals surface area contributed by atoms with E-state index in [1.165, 1.54) is 0 Å². The second-order valence-electron chi connectivity index (χ2n) is 5.10. The Hall–Kier alpha value is -2.07. The number of amides is 1. The Labute approximate surface area is 119 Å². The number of rotatable bonds is 5. The first-order valence-corrected chi connectivity index (χ1v) is 6.78. The summed E-state index contributed by atoms with van der Waals surface area (Å²) >= 11 is 0. The molecule has 2 unspecified atom stereocenters. The van der Waals surface area contributed by atoms with Crippen LogP contribution in [0.4, 0.5) is 0 Å². The molecule has 1 aromatic heterocycles. The molecule has 1 aromatic carbocycles. The molecule has 0 spiro atoms. The van der Waals surface area contributed by atoms with Crippen LogP contribution in [0, 0.1) is 0 Å². The number of aliphatic hydroxyl groups excluding tert-OH is 1. The highest BCUT2D eigenvalue weighted by molar-refractivity contribution is 5.94. The molecule has 0 aliphatic rings. The van der Waals surface area contributed by atoms with Crippen LogP contribution in [0.2, 0.25) is 0 Å². The van der Waals surface area contributed by atoms with Gasteiger partial charge in [-0.3, -0.25) is 4.79 Å². The summed E-state index contributed by atoms with van der Waals surface area (Å²) in [5.74, 6) is -0.118. The lowest BCUT2D eigenvalue weighted by Crippen LogP contribution is -2.34. The quantitative estimate of drug-likeness (QED) is 0.878. The Balaban J connectivity index is 2.09. The van der Waals surface area contributed by atoms with Crippen LogP contribution in [0.1, 0.15) is 30.6 Å². The zero-order valence-corrected chi connectivity index (χ0v) is 11.8. The molecule has 0 aliphatic heterocycles. The monoisotopic (exact) mass is 272 g/mol. The summed E-state index contributed by atoms with van der Waals surface area (Å²) in [5, 5.41) is 12.2. The van der Waals surface area contributed by atoms with Crippen LogP contribution in [-0.4, -0.2) is 27.7 Å². The predicted octanol–water partition coefficient (Wildman–Crippen LogP) is 2.37. The number of carbonyl (C=O) groups is 1. The molecule has 2 N–H and O–H groups in total. The number of hydrogen-bond acceptors (Lipinski definition) is 2. The lowest BCUT2D eigenvalue weighted by atomic mass is 10.1. The molecule has 106 valence electrons. The lowest BCUT2D eigenvalue weighted by Gasteiger charge is -2.15. The van der Waals surface area contributed by atoms with Gasteiger partial charge in [-0.15, -0.1) is 0 Å². The molecule has 0 aliphatic carbocycles. The maximum absolute atomic E-state index is 12.2. The van der Waals surface area contributed by atoms with Crippen LogP contribution in [0.25, 0.3) is 5.69 Å². The van der Waals surface area contributed by atoms with E-state index in [2.05, 4.69) is 5.32 Å². The Bertz CT molecular complexity index is 562. The molecule has 0 fully saturated rings. The molecule has 2 rings (SSSR count). The molecule has 0 radical (unpaired) electrons. The van der Waals surface area contributed by atoms with E-state index in [0.717, 1.165) is 5.69 Å². The molecule has 0 saturated carbocycles. The van der Waals surface area contributed by atoms with Crippen LogP contribution in [0.5, 0.6) is 0 Å². The van der Waals surface area contributed by atoms with Crippen molar-refractivity contribution in [1.82, 2.24) is 9.88 Å². The lowest BCUT2D eigenvalue weighted by molar-refractivity contribution is 0.0923. The molecule has 0 bridgehead atoms. The van der Waals surface area contributed by atoms with Crippen LogP contribution in [0.3, 0.4) is 0 Å². The number of carbonyl (C=O) groups excluding carboxylic acids is 1. The highest BCUT2D eigenvalue weighted by Gasteiger charge is 2.12. The summed E-state index contributed by atoms with van der Waals surface area (Å²) in [7, 11) is 0. The standard InChI is InChI=1S/C16H20N2O2/c1-12(10-13(2)19)17-16(20)14-6-5-7-15(11-14)18-8-3-4-9-18/h3-9,11-13,19H,10H2,1-2H3,(H,17,20). The normalized spacial score (nSPS) is 13.8. The van der Waals surface area contributed by atoms with Gasteiger partial charge in [-0.25, -0.2) is 0 Å². The van der Waals surface area contributed by atoms with Crippen LogP contribution >= 0.6 is 0 Å². The molecular formula is C16H20N2O2. The SMILES string of the molecule is CC(O)CC(C)NC(=O)c1cccc(-n2cccc2)c1. The molecule has 2 aromatic rings. The summed E-state index contributed by atoms with van der Waals surface area (Å²) in [4.78, 5) is 12.2. The maximum Gasteiger partial charge on any atom is 0.251 e. The van der Waals surface area contributed by atoms with Gasteiger partial charge in [0, 0.05) is 29.7 Å². The van der Waals surface area contributed by atoms with Crippen molar-refractivity contribution in [2.45, 2.75) is 32.4 Å². The van der Waals surface area contributed by atoms with Crippen molar-refractivity contribution in [3.63, 3.8) is 0 Å². The fourth-order valence-corrected chi connectivity index (χ4v) is 2.19. The average Bonchev–Trinajstić information content (AvgIpc) is 2.91. The van der Waals surface area contributed by atoms with Crippen molar-refractivity contribution < 1.29 is 9.90 Å². The minimum Gasteiger partial charge on any atom is -0.393 e. The highest BCUT2D eigenvalue weighted by atomic mass is 16.3. The molecule has 4 nitrogen and oxygen atoms in total. The van der Waals surface area contributed by atoms with Crippen molar-refractivity contribution >= 4 is 5.91 Å². The Morgan fingerprint density at radius 2 is 1.95 bits per heavy atom. The smallest absolute Gasteiger partial charge is 0.251 e. The third kappa shape index (κ3) is 3.71. The summed E-state index contributed by atoms with van der Waals surface area (Å²) in [6, 6.07) is 11.3. The Morgan fingerprint density at radius 3 is 2.60 bits per heavy atom. The molecule has 20 heavy (non-hydrogen) atoms. The first-order valence-electron chi connectivity index (χ1n) is 6.78. The number of benzene rings is 1. The van der Waals surface area contributed by atoms with E-state index in [-0.39, 0.29) is 11.9 Å². The molecule has 1 heterocycles. The minimum absolute atomic E-state index is 0.0577. The summed E-state index contributed by atoms with van der Waals surface area (Å²) in [5.41, 5.74) is 1.57. The van der Waals surface area contributed by atoms with Crippen molar-refractivity contribution in [3.8, 4) is 5.69 Å². The van der Waals surface area contributed by atoms with Crippen molar-refractivity contribution in [2.75, 3.05) is 0 Å². The summed E-state index contributed by atoms with van der Waals surface area (Å²) in [6.45, 7) is 3.61. The number of aromatic nitrogens is 1. The van der Waals surface area contributed by atoms with Crippen molar-refractivity contribution in [2.24, 2.45) is 0 Å². The van der Waals surface area contributed by atoms with Gasteiger partial charge in [0.1, 0.15) is 0 Å². The van der Waals surface area contributed by atoms with Gasteiger partial charge in [0.15, 0.2) is 0 Å². The summed E-state index contributed by atoms with van der Waals surface area (Å²) < 4.78 is 1.95. The molecule has 1 amide bonds. The number of aliphatic hydroxyl groups is 1. The third-order valence-corrected chi connectivity index (χ3v) is 3.08. The van der Waals surface area contributed by atoms with E-state index in [1.807, 2.05) is 54.2 Å². The molecule has 2 atom stereocenters. The Kier molecular flexibility index (Phi) is 4.58. The highest BCUT2D eigenvalue weighted by Crippen LogP contribution is 2.11. The number of hydrogen-bond donors (Lipinski definition) is 2. The van der Waals surface area contributed by atoms with Gasteiger partial charge in [0.05, 0.1) is 6.10 Å².